The van der Waals surface area contributed by atoms with Crippen molar-refractivity contribution < 1.29 is 14.3 Å². The van der Waals surface area contributed by atoms with E-state index in [-0.39, 0.29) is 17.7 Å². The van der Waals surface area contributed by atoms with E-state index in [2.05, 4.69) is 5.32 Å². The van der Waals surface area contributed by atoms with E-state index in [1.165, 1.54) is 0 Å². The van der Waals surface area contributed by atoms with Crippen LogP contribution in [0.4, 0.5) is 0 Å². The van der Waals surface area contributed by atoms with Crippen molar-refractivity contribution in [2.24, 2.45) is 5.92 Å². The Kier molecular flexibility index (Phi) is 4.73. The number of nitrogens with one attached hydrogen (secondary N) is 1. The van der Waals surface area contributed by atoms with Crippen LogP contribution < -0.4 is 5.32 Å². The van der Waals surface area contributed by atoms with Crippen molar-refractivity contribution in [2.45, 2.75) is 45.7 Å². The third-order valence-electron chi connectivity index (χ3n) is 3.31. The van der Waals surface area contributed by atoms with Gasteiger partial charge in [0.05, 0.1) is 12.1 Å². The molecule has 104 valence electrons. The molecule has 5 heteroatoms. The van der Waals surface area contributed by atoms with E-state index in [4.69, 9.17) is 4.74 Å². The predicted molar refractivity (Wildman–Crippen MR) is 69.1 cm³/mol. The smallest absolute Gasteiger partial charge is 0.245 e. The van der Waals surface area contributed by atoms with Gasteiger partial charge >= 0.3 is 0 Å². The Morgan fingerprint density at radius 2 is 2.06 bits per heavy atom. The Morgan fingerprint density at radius 1 is 1.44 bits per heavy atom. The maximum Gasteiger partial charge on any atom is 0.245 e. The molecule has 0 aliphatic carbocycles. The van der Waals surface area contributed by atoms with Gasteiger partial charge in [0.25, 0.3) is 0 Å². The lowest BCUT2D eigenvalue weighted by atomic mass is 9.98. The van der Waals surface area contributed by atoms with Crippen LogP contribution in [-0.2, 0) is 14.3 Å². The normalized spacial score (nSPS) is 22.1. The summed E-state index contributed by atoms with van der Waals surface area (Å²) >= 11 is 0. The summed E-state index contributed by atoms with van der Waals surface area (Å²) < 4.78 is 5.17. The SMILES string of the molecule is COCC(C)(C)N1CCC(=O)NC(C(C)C)C1=O. The molecular weight excluding hydrogens is 232 g/mol. The molecule has 0 aromatic rings. The molecule has 5 nitrogen and oxygen atoms in total. The first-order valence-corrected chi connectivity index (χ1v) is 6.39. The largest absolute Gasteiger partial charge is 0.382 e. The van der Waals surface area contributed by atoms with Gasteiger partial charge in [0.15, 0.2) is 0 Å². The average Bonchev–Trinajstić information content (AvgIpc) is 2.38. The van der Waals surface area contributed by atoms with E-state index in [0.29, 0.717) is 19.6 Å². The van der Waals surface area contributed by atoms with Crippen LogP contribution in [0, 0.1) is 5.92 Å². The van der Waals surface area contributed by atoms with Gasteiger partial charge in [0.2, 0.25) is 11.8 Å². The first kappa shape index (κ1) is 15.0. The van der Waals surface area contributed by atoms with E-state index in [1.54, 1.807) is 12.0 Å². The highest BCUT2D eigenvalue weighted by molar-refractivity contribution is 5.90. The number of nitrogens with zero attached hydrogens (tertiary/aromatic N) is 1. The van der Waals surface area contributed by atoms with Gasteiger partial charge in [-0.25, -0.2) is 0 Å². The van der Waals surface area contributed by atoms with Crippen LogP contribution in [0.2, 0.25) is 0 Å². The maximum absolute atomic E-state index is 12.5. The number of methoxy groups -OCH3 is 1. The van der Waals surface area contributed by atoms with Crippen LogP contribution in [0.3, 0.4) is 0 Å². The molecule has 1 heterocycles. The highest BCUT2D eigenvalue weighted by Crippen LogP contribution is 2.21. The molecule has 0 spiro atoms. The minimum atomic E-state index is -0.434. The van der Waals surface area contributed by atoms with Crippen molar-refractivity contribution >= 4 is 11.8 Å². The fourth-order valence-corrected chi connectivity index (χ4v) is 2.28. The second-order valence-electron chi connectivity index (χ2n) is 5.77. The fraction of sp³-hybridized carbons (Fsp3) is 0.846. The lowest BCUT2D eigenvalue weighted by Crippen LogP contribution is -2.56. The Hall–Kier alpha value is -1.10. The van der Waals surface area contributed by atoms with Gasteiger partial charge in [-0.1, -0.05) is 13.8 Å². The number of ether oxygens (including phenoxy) is 1. The molecule has 1 unspecified atom stereocenters. The molecule has 1 saturated heterocycles. The van der Waals surface area contributed by atoms with Gasteiger partial charge in [-0.05, 0) is 19.8 Å². The second kappa shape index (κ2) is 5.69. The van der Waals surface area contributed by atoms with Crippen molar-refractivity contribution in [3.05, 3.63) is 0 Å². The molecule has 0 aromatic carbocycles. The Labute approximate surface area is 109 Å². The monoisotopic (exact) mass is 256 g/mol. The summed E-state index contributed by atoms with van der Waals surface area (Å²) in [6.07, 6.45) is 0.349. The average molecular weight is 256 g/mol. The molecule has 1 rings (SSSR count). The lowest BCUT2D eigenvalue weighted by Gasteiger charge is -2.39. The zero-order valence-corrected chi connectivity index (χ0v) is 11.9. The first-order chi connectivity index (χ1) is 8.29. The number of rotatable bonds is 4. The third kappa shape index (κ3) is 3.22. The van der Waals surface area contributed by atoms with E-state index in [9.17, 15) is 9.59 Å². The number of hydrogen-bond acceptors (Lipinski definition) is 3. The standard InChI is InChI=1S/C13H24N2O3/c1-9(2)11-12(17)15(7-6-10(16)14-11)13(3,4)8-18-5/h9,11H,6-8H2,1-5H3,(H,14,16). The highest BCUT2D eigenvalue weighted by atomic mass is 16.5. The molecule has 2 amide bonds. The Balaban J connectivity index is 2.97. The summed E-state index contributed by atoms with van der Waals surface area (Å²) in [6, 6.07) is -0.434. The van der Waals surface area contributed by atoms with Gasteiger partial charge in [0, 0.05) is 20.1 Å². The fourth-order valence-electron chi connectivity index (χ4n) is 2.28. The number of hydrogen-bond donors (Lipinski definition) is 1. The summed E-state index contributed by atoms with van der Waals surface area (Å²) in [4.78, 5) is 25.9. The van der Waals surface area contributed by atoms with Gasteiger partial charge in [-0.3, -0.25) is 9.59 Å². The Bertz CT molecular complexity index is 326. The maximum atomic E-state index is 12.5. The van der Waals surface area contributed by atoms with Crippen LogP contribution in [0.1, 0.15) is 34.1 Å². The second-order valence-corrected chi connectivity index (χ2v) is 5.77. The molecule has 1 aliphatic rings. The van der Waals surface area contributed by atoms with Gasteiger partial charge in [-0.2, -0.15) is 0 Å². The topological polar surface area (TPSA) is 58.6 Å². The van der Waals surface area contributed by atoms with Crippen molar-refractivity contribution in [3.8, 4) is 0 Å². The van der Waals surface area contributed by atoms with Crippen molar-refractivity contribution in [1.29, 1.82) is 0 Å². The molecule has 1 fully saturated rings. The quantitative estimate of drug-likeness (QED) is 0.809. The van der Waals surface area contributed by atoms with Crippen molar-refractivity contribution in [2.75, 3.05) is 20.3 Å². The minimum Gasteiger partial charge on any atom is -0.382 e. The summed E-state index contributed by atoms with van der Waals surface area (Å²) in [5.41, 5.74) is -0.398. The molecule has 1 N–H and O–H groups in total. The van der Waals surface area contributed by atoms with Crippen LogP contribution >= 0.6 is 0 Å². The minimum absolute atomic E-state index is 0.0158. The van der Waals surface area contributed by atoms with Crippen LogP contribution in [0.25, 0.3) is 0 Å². The van der Waals surface area contributed by atoms with Gasteiger partial charge in [0.1, 0.15) is 6.04 Å². The van der Waals surface area contributed by atoms with E-state index < -0.39 is 11.6 Å². The number of carbonyl (C=O) groups is 2. The molecule has 0 aromatic heterocycles. The Morgan fingerprint density at radius 3 is 2.56 bits per heavy atom. The zero-order chi connectivity index (χ0) is 13.9. The molecule has 1 aliphatic heterocycles. The molecule has 18 heavy (non-hydrogen) atoms. The number of amides is 2. The van der Waals surface area contributed by atoms with E-state index in [1.807, 2.05) is 27.7 Å². The van der Waals surface area contributed by atoms with Crippen LogP contribution in [0.5, 0.6) is 0 Å². The van der Waals surface area contributed by atoms with E-state index >= 15 is 0 Å². The predicted octanol–water partition coefficient (Wildman–Crippen LogP) is 0.785. The molecule has 0 saturated carbocycles. The molecule has 0 bridgehead atoms. The molecular formula is C13H24N2O3. The summed E-state index contributed by atoms with van der Waals surface area (Å²) in [5, 5.41) is 2.80. The van der Waals surface area contributed by atoms with Crippen LogP contribution in [-0.4, -0.2) is 48.6 Å². The first-order valence-electron chi connectivity index (χ1n) is 6.39. The summed E-state index contributed by atoms with van der Waals surface area (Å²) in [7, 11) is 1.62. The highest BCUT2D eigenvalue weighted by Gasteiger charge is 2.38. The van der Waals surface area contributed by atoms with Gasteiger partial charge < -0.3 is 15.0 Å². The third-order valence-corrected chi connectivity index (χ3v) is 3.31. The number of carbonyl (C=O) groups excluding carboxylic acids is 2. The zero-order valence-electron chi connectivity index (χ0n) is 11.9. The van der Waals surface area contributed by atoms with E-state index in [0.717, 1.165) is 0 Å². The summed E-state index contributed by atoms with van der Waals surface area (Å²) in [6.45, 7) is 8.70. The van der Waals surface area contributed by atoms with Gasteiger partial charge in [-0.15, -0.1) is 0 Å². The molecule has 1 atom stereocenters. The van der Waals surface area contributed by atoms with Crippen LogP contribution in [0.15, 0.2) is 0 Å². The van der Waals surface area contributed by atoms with Crippen molar-refractivity contribution in [3.63, 3.8) is 0 Å². The van der Waals surface area contributed by atoms with Crippen molar-refractivity contribution in [1.82, 2.24) is 10.2 Å². The lowest BCUT2D eigenvalue weighted by molar-refractivity contribution is -0.141. The molecule has 0 radical (unpaired) electrons. The summed E-state index contributed by atoms with van der Waals surface area (Å²) in [5.74, 6) is 0.0102.